The highest BCUT2D eigenvalue weighted by molar-refractivity contribution is 6.36. The van der Waals surface area contributed by atoms with Crippen molar-refractivity contribution in [2.45, 2.75) is 44.2 Å². The Labute approximate surface area is 182 Å². The molecule has 0 saturated carbocycles. The number of carbonyl (C=O) groups is 1. The van der Waals surface area contributed by atoms with Gasteiger partial charge in [0, 0.05) is 56.8 Å². The molecule has 9 heteroatoms. The number of fused-ring (bicyclic) bond motifs is 1. The van der Waals surface area contributed by atoms with Crippen molar-refractivity contribution in [3.63, 3.8) is 0 Å². The van der Waals surface area contributed by atoms with Gasteiger partial charge in [0.2, 0.25) is 0 Å². The van der Waals surface area contributed by atoms with E-state index in [-0.39, 0.29) is 17.9 Å². The molecular formula is C22H25BN6O2. The van der Waals surface area contributed by atoms with Crippen LogP contribution >= 0.6 is 0 Å². The lowest BCUT2D eigenvalue weighted by molar-refractivity contribution is -0.142. The van der Waals surface area contributed by atoms with Crippen LogP contribution in [0.25, 0.3) is 5.65 Å². The zero-order chi connectivity index (χ0) is 21.2. The van der Waals surface area contributed by atoms with E-state index >= 15 is 0 Å². The summed E-state index contributed by atoms with van der Waals surface area (Å²) in [6, 6.07) is 5.96. The second-order valence-electron chi connectivity index (χ2n) is 8.24. The number of likely N-dealkylation sites (tertiary alicyclic amines) is 1. The number of pyridine rings is 1. The van der Waals surface area contributed by atoms with Gasteiger partial charge in [-0.15, -0.1) is 0 Å². The van der Waals surface area contributed by atoms with Crippen molar-refractivity contribution in [1.82, 2.24) is 24.5 Å². The van der Waals surface area contributed by atoms with Crippen molar-refractivity contribution in [2.24, 2.45) is 0 Å². The third kappa shape index (κ3) is 4.14. The van der Waals surface area contributed by atoms with E-state index in [9.17, 15) is 4.79 Å². The Morgan fingerprint density at radius 2 is 2.23 bits per heavy atom. The molecule has 3 aromatic rings. The summed E-state index contributed by atoms with van der Waals surface area (Å²) in [6.45, 7) is 2.72. The molecule has 2 unspecified atom stereocenters. The van der Waals surface area contributed by atoms with Gasteiger partial charge in [-0.25, -0.2) is 4.98 Å². The van der Waals surface area contributed by atoms with E-state index in [1.54, 1.807) is 16.9 Å². The largest absolute Gasteiger partial charge is 0.368 e. The molecule has 0 spiro atoms. The van der Waals surface area contributed by atoms with Crippen LogP contribution in [0, 0.1) is 0 Å². The van der Waals surface area contributed by atoms with Crippen LogP contribution in [0.3, 0.4) is 0 Å². The normalized spacial score (nSPS) is 21.5. The van der Waals surface area contributed by atoms with Crippen molar-refractivity contribution in [2.75, 3.05) is 25.0 Å². The Bertz CT molecular complexity index is 1070. The van der Waals surface area contributed by atoms with Crippen molar-refractivity contribution in [3.8, 4) is 0 Å². The van der Waals surface area contributed by atoms with E-state index < -0.39 is 0 Å². The van der Waals surface area contributed by atoms with Gasteiger partial charge >= 0.3 is 0 Å². The fourth-order valence-electron chi connectivity index (χ4n) is 4.42. The van der Waals surface area contributed by atoms with Gasteiger partial charge < -0.3 is 15.0 Å². The fourth-order valence-corrected chi connectivity index (χ4v) is 4.42. The van der Waals surface area contributed by atoms with Crippen molar-refractivity contribution >= 4 is 30.7 Å². The summed E-state index contributed by atoms with van der Waals surface area (Å²) in [6.07, 6.45) is 8.63. The molecule has 0 aliphatic carbocycles. The maximum absolute atomic E-state index is 12.9. The van der Waals surface area contributed by atoms with Crippen molar-refractivity contribution in [1.29, 1.82) is 0 Å². The monoisotopic (exact) mass is 416 g/mol. The molecule has 2 aliphatic heterocycles. The number of aromatic nitrogens is 4. The molecule has 5 heterocycles. The number of nitrogens with one attached hydrogen (secondary N) is 1. The van der Waals surface area contributed by atoms with Crippen LogP contribution in [0.15, 0.2) is 36.8 Å². The molecular weight excluding hydrogens is 391 g/mol. The Morgan fingerprint density at radius 1 is 1.29 bits per heavy atom. The van der Waals surface area contributed by atoms with Crippen LogP contribution < -0.4 is 10.8 Å². The smallest absolute Gasteiger partial charge is 0.251 e. The number of amides is 1. The molecule has 1 N–H and O–H groups in total. The molecule has 2 saturated heterocycles. The molecule has 1 amide bonds. The van der Waals surface area contributed by atoms with Gasteiger partial charge in [0.25, 0.3) is 5.91 Å². The summed E-state index contributed by atoms with van der Waals surface area (Å²) in [5.74, 6) is 1.09. The number of carbonyl (C=O) groups excluding carboxylic acids is 1. The molecule has 8 nitrogen and oxygen atoms in total. The van der Waals surface area contributed by atoms with Crippen LogP contribution in [0.4, 0.5) is 5.82 Å². The molecule has 0 aromatic carbocycles. The van der Waals surface area contributed by atoms with Crippen LogP contribution in [0.2, 0.25) is 0 Å². The molecule has 2 fully saturated rings. The minimum atomic E-state index is -0.281. The van der Waals surface area contributed by atoms with Gasteiger partial charge in [-0.05, 0) is 42.8 Å². The topological polar surface area (TPSA) is 84.7 Å². The summed E-state index contributed by atoms with van der Waals surface area (Å²) >= 11 is 0. The van der Waals surface area contributed by atoms with E-state index in [2.05, 4.69) is 15.4 Å². The standard InChI is InChI=1S/C22H25BN6O2/c23-17-13-26-29-20(25-12-15-4-1-7-24-11-15)10-18(27-21(17)29)16-5-2-8-28(14-16)22(30)19-6-3-9-31-19/h1,4,7,10-11,13,16,19,25H,2-3,5-6,8-9,12,14H2. The number of ether oxygens (including phenoxy) is 1. The lowest BCUT2D eigenvalue weighted by Gasteiger charge is -2.34. The average Bonchev–Trinajstić information content (AvgIpc) is 3.48. The van der Waals surface area contributed by atoms with Gasteiger partial charge in [0.15, 0.2) is 5.65 Å². The number of nitrogens with zero attached hydrogens (tertiary/aromatic N) is 5. The molecule has 158 valence electrons. The number of anilines is 1. The van der Waals surface area contributed by atoms with Crippen LogP contribution in [-0.2, 0) is 16.1 Å². The zero-order valence-corrected chi connectivity index (χ0v) is 17.4. The Hall–Kier alpha value is -2.94. The highest BCUT2D eigenvalue weighted by atomic mass is 16.5. The van der Waals surface area contributed by atoms with E-state index in [1.807, 2.05) is 29.3 Å². The Morgan fingerprint density at radius 3 is 3.03 bits per heavy atom. The third-order valence-electron chi connectivity index (χ3n) is 6.07. The van der Waals surface area contributed by atoms with Crippen molar-refractivity contribution < 1.29 is 9.53 Å². The molecule has 0 bridgehead atoms. The lowest BCUT2D eigenvalue weighted by Crippen LogP contribution is -2.44. The first-order chi connectivity index (χ1) is 15.2. The molecule has 31 heavy (non-hydrogen) atoms. The number of hydrogen-bond donors (Lipinski definition) is 1. The highest BCUT2D eigenvalue weighted by Gasteiger charge is 2.32. The second-order valence-corrected chi connectivity index (χ2v) is 8.24. The van der Waals surface area contributed by atoms with E-state index in [4.69, 9.17) is 17.6 Å². The Kier molecular flexibility index (Phi) is 5.59. The fraction of sp³-hybridized carbons (Fsp3) is 0.455. The van der Waals surface area contributed by atoms with Gasteiger partial charge in [0.05, 0.1) is 5.69 Å². The molecule has 3 aromatic heterocycles. The summed E-state index contributed by atoms with van der Waals surface area (Å²) in [4.78, 5) is 23.8. The quantitative estimate of drug-likeness (QED) is 0.634. The maximum Gasteiger partial charge on any atom is 0.251 e. The number of piperidine rings is 1. The summed E-state index contributed by atoms with van der Waals surface area (Å²) in [5.41, 5.74) is 3.17. The van der Waals surface area contributed by atoms with Crippen LogP contribution in [0.5, 0.6) is 0 Å². The summed E-state index contributed by atoms with van der Waals surface area (Å²) in [7, 11) is 6.14. The predicted octanol–water partition coefficient (Wildman–Crippen LogP) is 1.42. The molecule has 2 atom stereocenters. The molecule has 5 rings (SSSR count). The van der Waals surface area contributed by atoms with Crippen LogP contribution in [0.1, 0.15) is 42.9 Å². The number of rotatable bonds is 5. The van der Waals surface area contributed by atoms with Gasteiger partial charge in [-0.2, -0.15) is 9.61 Å². The minimum absolute atomic E-state index is 0.113. The van der Waals surface area contributed by atoms with E-state index in [1.165, 1.54) is 0 Å². The zero-order valence-electron chi connectivity index (χ0n) is 17.4. The van der Waals surface area contributed by atoms with Gasteiger partial charge in [-0.1, -0.05) is 6.07 Å². The van der Waals surface area contributed by atoms with E-state index in [0.717, 1.165) is 49.3 Å². The molecule has 2 radical (unpaired) electrons. The maximum atomic E-state index is 12.9. The second kappa shape index (κ2) is 8.67. The SMILES string of the molecule is [B]c1cnn2c(NCc3cccnc3)cc(C3CCCN(C(=O)C4CCCO4)C3)nc12. The van der Waals surface area contributed by atoms with Crippen LogP contribution in [-0.4, -0.2) is 64.0 Å². The van der Waals surface area contributed by atoms with Gasteiger partial charge in [0.1, 0.15) is 19.8 Å². The predicted molar refractivity (Wildman–Crippen MR) is 117 cm³/mol. The van der Waals surface area contributed by atoms with Gasteiger partial charge in [-0.3, -0.25) is 9.78 Å². The highest BCUT2D eigenvalue weighted by Crippen LogP contribution is 2.29. The minimum Gasteiger partial charge on any atom is -0.368 e. The lowest BCUT2D eigenvalue weighted by atomic mass is 9.93. The first kappa shape index (κ1) is 20.0. The first-order valence-electron chi connectivity index (χ1n) is 10.9. The van der Waals surface area contributed by atoms with Crippen molar-refractivity contribution in [3.05, 3.63) is 48.0 Å². The number of hydrogen-bond acceptors (Lipinski definition) is 6. The third-order valence-corrected chi connectivity index (χ3v) is 6.07. The average molecular weight is 416 g/mol. The summed E-state index contributed by atoms with van der Waals surface area (Å²) < 4.78 is 7.34. The Balaban J connectivity index is 1.39. The first-order valence-corrected chi connectivity index (χ1v) is 10.9. The molecule has 2 aliphatic rings. The van der Waals surface area contributed by atoms with E-state index in [0.29, 0.717) is 30.8 Å². The summed E-state index contributed by atoms with van der Waals surface area (Å²) in [5, 5.41) is 7.82.